The molecule has 0 radical (unpaired) electrons. The first-order chi connectivity index (χ1) is 11.3. The van der Waals surface area contributed by atoms with Crippen molar-refractivity contribution in [3.05, 3.63) is 28.8 Å². The molecule has 1 aromatic rings. The molecule has 1 atom stereocenters. The van der Waals surface area contributed by atoms with Crippen LogP contribution in [-0.2, 0) is 19.4 Å². The van der Waals surface area contributed by atoms with E-state index in [4.69, 9.17) is 11.6 Å². The molecule has 1 fully saturated rings. The molecule has 1 aliphatic rings. The Balaban J connectivity index is 1.85. The first-order valence-corrected chi connectivity index (χ1v) is 9.62. The Hall–Kier alpha value is -1.64. The molecule has 0 spiro atoms. The Kier molecular flexibility index (Phi) is 6.20. The van der Waals surface area contributed by atoms with Crippen LogP contribution in [0.4, 0.5) is 5.69 Å². The van der Waals surface area contributed by atoms with Gasteiger partial charge < -0.3 is 15.4 Å². The highest BCUT2D eigenvalue weighted by atomic mass is 35.5. The second-order valence-electron chi connectivity index (χ2n) is 5.54. The maximum atomic E-state index is 12.0. The zero-order valence-corrected chi connectivity index (χ0v) is 14.7. The molecular weight excluding hydrogens is 356 g/mol. The maximum Gasteiger partial charge on any atom is 0.337 e. The molecule has 2 N–H and O–H groups in total. The van der Waals surface area contributed by atoms with E-state index in [9.17, 15) is 18.0 Å². The number of sulfone groups is 1. The summed E-state index contributed by atoms with van der Waals surface area (Å²) in [5.41, 5.74) is 0.611. The molecule has 0 bridgehead atoms. The van der Waals surface area contributed by atoms with E-state index in [2.05, 4.69) is 15.4 Å². The van der Waals surface area contributed by atoms with Crippen molar-refractivity contribution >= 4 is 39.0 Å². The third-order valence-corrected chi connectivity index (χ3v) is 5.78. The molecule has 7 nitrogen and oxygen atoms in total. The average Bonchev–Trinajstić information content (AvgIpc) is 2.87. The Morgan fingerprint density at radius 2 is 2.12 bits per heavy atom. The Morgan fingerprint density at radius 1 is 1.38 bits per heavy atom. The van der Waals surface area contributed by atoms with Crippen LogP contribution in [0.25, 0.3) is 0 Å². The molecule has 1 aromatic carbocycles. The summed E-state index contributed by atoms with van der Waals surface area (Å²) in [6.07, 6.45) is 0.728. The highest BCUT2D eigenvalue weighted by molar-refractivity contribution is 7.91. The van der Waals surface area contributed by atoms with Crippen LogP contribution in [0.3, 0.4) is 0 Å². The Bertz CT molecular complexity index is 735. The van der Waals surface area contributed by atoms with E-state index in [0.29, 0.717) is 23.7 Å². The molecule has 1 saturated heterocycles. The van der Waals surface area contributed by atoms with Crippen molar-refractivity contribution in [1.29, 1.82) is 0 Å². The van der Waals surface area contributed by atoms with Crippen molar-refractivity contribution in [3.8, 4) is 0 Å². The van der Waals surface area contributed by atoms with Gasteiger partial charge in [0.25, 0.3) is 0 Å². The number of halogens is 1. The lowest BCUT2D eigenvalue weighted by Crippen LogP contribution is -2.32. The number of anilines is 1. The van der Waals surface area contributed by atoms with Crippen LogP contribution in [0.1, 0.15) is 23.2 Å². The molecule has 0 aliphatic carbocycles. The van der Waals surface area contributed by atoms with E-state index in [-0.39, 0.29) is 35.4 Å². The first-order valence-electron chi connectivity index (χ1n) is 7.42. The lowest BCUT2D eigenvalue weighted by Gasteiger charge is -2.11. The van der Waals surface area contributed by atoms with Crippen LogP contribution in [0, 0.1) is 0 Å². The molecule has 9 heteroatoms. The van der Waals surface area contributed by atoms with Gasteiger partial charge in [0.2, 0.25) is 5.91 Å². The molecule has 1 amide bonds. The minimum atomic E-state index is -2.94. The molecule has 24 heavy (non-hydrogen) atoms. The molecule has 132 valence electrons. The summed E-state index contributed by atoms with van der Waals surface area (Å²) in [7, 11) is -1.67. The number of methoxy groups -OCH3 is 1. The van der Waals surface area contributed by atoms with Gasteiger partial charge >= 0.3 is 5.97 Å². The zero-order valence-electron chi connectivity index (χ0n) is 13.2. The fraction of sp³-hybridized carbons (Fsp3) is 0.467. The minimum Gasteiger partial charge on any atom is -0.465 e. The number of benzene rings is 1. The van der Waals surface area contributed by atoms with Gasteiger partial charge in [0.1, 0.15) is 0 Å². The van der Waals surface area contributed by atoms with Crippen molar-refractivity contribution in [3.63, 3.8) is 0 Å². The molecule has 2 rings (SSSR count). The lowest BCUT2D eigenvalue weighted by molar-refractivity contribution is -0.116. The summed E-state index contributed by atoms with van der Waals surface area (Å²) in [5.74, 6) is -0.507. The minimum absolute atomic E-state index is 0.103. The van der Waals surface area contributed by atoms with E-state index < -0.39 is 15.8 Å². The predicted octanol–water partition coefficient (Wildman–Crippen LogP) is 1.23. The van der Waals surface area contributed by atoms with Crippen molar-refractivity contribution < 1.29 is 22.7 Å². The molecule has 0 aromatic heterocycles. The van der Waals surface area contributed by atoms with Crippen LogP contribution in [0.5, 0.6) is 0 Å². The number of esters is 1. The largest absolute Gasteiger partial charge is 0.465 e. The fourth-order valence-corrected chi connectivity index (χ4v) is 4.30. The van der Waals surface area contributed by atoms with Gasteiger partial charge in [-0.05, 0) is 24.6 Å². The van der Waals surface area contributed by atoms with Crippen molar-refractivity contribution in [1.82, 2.24) is 5.32 Å². The van der Waals surface area contributed by atoms with Gasteiger partial charge in [-0.15, -0.1) is 0 Å². The third kappa shape index (κ3) is 5.19. The highest BCUT2D eigenvalue weighted by Gasteiger charge is 2.27. The SMILES string of the molecule is COC(=O)c1ccc(Cl)c(NC(=O)CCNC2CCS(=O)(=O)C2)c1. The van der Waals surface area contributed by atoms with E-state index in [1.54, 1.807) is 0 Å². The maximum absolute atomic E-state index is 12.0. The van der Waals surface area contributed by atoms with Crippen LogP contribution in [0.2, 0.25) is 5.02 Å². The summed E-state index contributed by atoms with van der Waals surface area (Å²) in [6.45, 7) is 0.361. The number of amides is 1. The smallest absolute Gasteiger partial charge is 0.337 e. The van der Waals surface area contributed by atoms with Crippen LogP contribution in [-0.4, -0.2) is 51.5 Å². The second-order valence-corrected chi connectivity index (χ2v) is 8.17. The Labute approximate surface area is 145 Å². The molecule has 1 unspecified atom stereocenters. The van der Waals surface area contributed by atoms with Gasteiger partial charge in [0, 0.05) is 19.0 Å². The van der Waals surface area contributed by atoms with Crippen LogP contribution in [0.15, 0.2) is 18.2 Å². The van der Waals surface area contributed by atoms with Gasteiger partial charge in [0.05, 0.1) is 34.9 Å². The Morgan fingerprint density at radius 3 is 2.75 bits per heavy atom. The number of carbonyl (C=O) groups excluding carboxylic acids is 2. The molecule has 0 saturated carbocycles. The topological polar surface area (TPSA) is 102 Å². The number of rotatable bonds is 6. The van der Waals surface area contributed by atoms with Gasteiger partial charge in [-0.1, -0.05) is 11.6 Å². The number of carbonyl (C=O) groups is 2. The van der Waals surface area contributed by atoms with Gasteiger partial charge in [0.15, 0.2) is 9.84 Å². The molecule has 1 aliphatic heterocycles. The summed E-state index contributed by atoms with van der Waals surface area (Å²) in [6, 6.07) is 4.36. The van der Waals surface area contributed by atoms with E-state index in [1.165, 1.54) is 25.3 Å². The fourth-order valence-electron chi connectivity index (χ4n) is 2.42. The van der Waals surface area contributed by atoms with E-state index in [0.717, 1.165) is 0 Å². The number of nitrogens with one attached hydrogen (secondary N) is 2. The quantitative estimate of drug-likeness (QED) is 0.726. The average molecular weight is 375 g/mol. The van der Waals surface area contributed by atoms with Gasteiger partial charge in [-0.2, -0.15) is 0 Å². The van der Waals surface area contributed by atoms with E-state index in [1.807, 2.05) is 0 Å². The molecule has 1 heterocycles. The normalized spacial score (nSPS) is 19.0. The van der Waals surface area contributed by atoms with Crippen molar-refractivity contribution in [2.24, 2.45) is 0 Å². The summed E-state index contributed by atoms with van der Waals surface area (Å²) >= 11 is 6.01. The van der Waals surface area contributed by atoms with Gasteiger partial charge in [-0.25, -0.2) is 13.2 Å². The summed E-state index contributed by atoms with van der Waals surface area (Å²) in [5, 5.41) is 6.01. The van der Waals surface area contributed by atoms with Gasteiger partial charge in [-0.3, -0.25) is 4.79 Å². The number of hydrogen-bond donors (Lipinski definition) is 2. The van der Waals surface area contributed by atoms with Crippen LogP contribution < -0.4 is 10.6 Å². The van der Waals surface area contributed by atoms with Crippen molar-refractivity contribution in [2.45, 2.75) is 18.9 Å². The number of ether oxygens (including phenoxy) is 1. The lowest BCUT2D eigenvalue weighted by atomic mass is 10.2. The van der Waals surface area contributed by atoms with Crippen molar-refractivity contribution in [2.75, 3.05) is 30.5 Å². The standard InChI is InChI=1S/C15H19ClN2O5S/c1-23-15(20)10-2-3-12(16)13(8-10)18-14(19)4-6-17-11-5-7-24(21,22)9-11/h2-3,8,11,17H,4-7,9H2,1H3,(H,18,19). The number of hydrogen-bond acceptors (Lipinski definition) is 6. The third-order valence-electron chi connectivity index (χ3n) is 3.68. The highest BCUT2D eigenvalue weighted by Crippen LogP contribution is 2.23. The summed E-state index contributed by atoms with van der Waals surface area (Å²) < 4.78 is 27.3. The monoisotopic (exact) mass is 374 g/mol. The molecular formula is C15H19ClN2O5S. The zero-order chi connectivity index (χ0) is 17.7. The summed E-state index contributed by atoms with van der Waals surface area (Å²) in [4.78, 5) is 23.5. The van der Waals surface area contributed by atoms with E-state index >= 15 is 0 Å². The predicted molar refractivity (Wildman–Crippen MR) is 91.1 cm³/mol. The first kappa shape index (κ1) is 18.7. The van der Waals surface area contributed by atoms with Crippen LogP contribution >= 0.6 is 11.6 Å². The second kappa shape index (κ2) is 7.96.